The molecule has 0 fully saturated rings. The number of carboxylic acid groups (broad SMARTS) is 1. The van der Waals surface area contributed by atoms with Gasteiger partial charge in [-0.3, -0.25) is 43.6 Å². The van der Waals surface area contributed by atoms with Crippen molar-refractivity contribution in [2.45, 2.75) is 63.2 Å². The number of hydrogen-bond acceptors (Lipinski definition) is 23. The number of aryl methyl sites for hydroxylation is 2. The van der Waals surface area contributed by atoms with E-state index in [4.69, 9.17) is 48.8 Å². The van der Waals surface area contributed by atoms with Crippen LogP contribution in [-0.4, -0.2) is 197 Å². The van der Waals surface area contributed by atoms with Crippen LogP contribution in [0.25, 0.3) is 82.4 Å². The van der Waals surface area contributed by atoms with Gasteiger partial charge in [-0.15, -0.1) is 0 Å². The number of hydrogen-bond donors (Lipinski definition) is 10. The molecule has 1 aliphatic rings. The van der Waals surface area contributed by atoms with Crippen molar-refractivity contribution < 1.29 is 114 Å². The van der Waals surface area contributed by atoms with Crippen molar-refractivity contribution in [3.63, 3.8) is 0 Å². The number of nitrogens with two attached hydrogens (primary N) is 1. The summed E-state index contributed by atoms with van der Waals surface area (Å²) in [6.45, 7) is 9.93. The van der Waals surface area contributed by atoms with E-state index >= 15 is 0 Å². The van der Waals surface area contributed by atoms with Crippen molar-refractivity contribution in [2.24, 2.45) is 10.7 Å². The summed E-state index contributed by atoms with van der Waals surface area (Å²) in [5, 5.41) is 29.6. The molecule has 8 heterocycles. The van der Waals surface area contributed by atoms with Crippen LogP contribution in [-0.2, 0) is 74.2 Å². The minimum atomic E-state index is -3.75. The zero-order valence-electron chi connectivity index (χ0n) is 78.3. The van der Waals surface area contributed by atoms with Gasteiger partial charge in [0.2, 0.25) is 19.0 Å². The van der Waals surface area contributed by atoms with Crippen LogP contribution in [0.4, 0.5) is 0 Å². The van der Waals surface area contributed by atoms with E-state index < -0.39 is 34.2 Å². The van der Waals surface area contributed by atoms with Crippen LogP contribution in [0.2, 0.25) is 0 Å². The number of amides is 2. The maximum absolute atomic E-state index is 13.4. The molecule has 0 atom stereocenters. The quantitative estimate of drug-likeness (QED) is 0.00601. The van der Waals surface area contributed by atoms with E-state index in [2.05, 4.69) is 91.8 Å². The first-order valence-corrected chi connectivity index (χ1v) is 52.0. The second-order valence-corrected chi connectivity index (χ2v) is 50.6. The number of aliphatic imine (C=N–C) groups is 1. The van der Waals surface area contributed by atoms with Crippen LogP contribution >= 0.6 is 49.7 Å². The van der Waals surface area contributed by atoms with Gasteiger partial charge < -0.3 is 91.9 Å². The number of methoxy groups -OCH3 is 7. The molecule has 13 N–H and O–H groups in total. The minimum absolute atomic E-state index is 0. The SMILES string of the molecule is CC(=O)O.CCOC=O.COc1cccc2[nH]cc(/C=C/[N+](=O)[O-])c12.COc1cccc2[nH]cc(C=O)c12.COc1cccc2[nH]cc(CCN)c12.COc1cccc2[nH]cc(CCNC=O)c12.COc1cccc2[nH]ccc12.COc1cccc2c1c(CCNC=O)cn2S(=O)(=O)c1ccc(C)cc1.COc1cccc2c1c1c(n2S(=O)(=O)c2ccc(C)cc2)C=NCC1.N.O=P(Br)(Br)Br.[AlH3].[H-].[Li+]. The molecule has 2 amide bonds. The summed E-state index contributed by atoms with van der Waals surface area (Å²) in [6, 6.07) is 55.5. The molecule has 0 saturated carbocycles. The average Bonchev–Trinajstić information content (AvgIpc) is 1.57. The molecule has 138 heavy (non-hydrogen) atoms. The molecule has 17 rings (SSSR count). The van der Waals surface area contributed by atoms with E-state index in [1.54, 1.807) is 148 Å². The number of aromatic amines is 5. The molecule has 42 heteroatoms. The van der Waals surface area contributed by atoms with E-state index in [0.29, 0.717) is 104 Å². The smallest absolute Gasteiger partial charge is 1.00 e. The number of aliphatic carboxylic acids is 1. The largest absolute Gasteiger partial charge is 1.00 e. The predicted octanol–water partition coefficient (Wildman–Crippen LogP) is 15.0. The second kappa shape index (κ2) is 57.5. The Morgan fingerprint density at radius 3 is 1.38 bits per heavy atom. The number of aldehydes is 1. The van der Waals surface area contributed by atoms with E-state index in [1.807, 2.05) is 148 Å². The number of rotatable bonds is 26. The molecule has 0 bridgehead atoms. The van der Waals surface area contributed by atoms with Gasteiger partial charge in [-0.25, -0.2) is 24.8 Å². The number of fused-ring (bicyclic) bond motifs is 9. The van der Waals surface area contributed by atoms with E-state index in [9.17, 15) is 50.7 Å². The first kappa shape index (κ1) is 116. The van der Waals surface area contributed by atoms with Crippen LogP contribution in [0.5, 0.6) is 40.2 Å². The number of nitrogens with zero attached hydrogens (tertiary/aromatic N) is 4. The van der Waals surface area contributed by atoms with Crippen molar-refractivity contribution >= 4 is 207 Å². The third-order valence-corrected chi connectivity index (χ3v) is 23.5. The van der Waals surface area contributed by atoms with E-state index in [-0.39, 0.29) is 53.6 Å². The molecule has 0 spiro atoms. The van der Waals surface area contributed by atoms with Gasteiger partial charge in [-0.1, -0.05) is 77.9 Å². The number of carbonyl (C=O) groups is 5. The molecule has 0 radical (unpaired) electrons. The minimum Gasteiger partial charge on any atom is -1.00 e. The maximum Gasteiger partial charge on any atom is 1.00 e. The maximum atomic E-state index is 13.4. The Morgan fingerprint density at radius 1 is 0.551 bits per heavy atom. The number of halogens is 3. The third kappa shape index (κ3) is 31.4. The van der Waals surface area contributed by atoms with Gasteiger partial charge in [0, 0.05) is 194 Å². The summed E-state index contributed by atoms with van der Waals surface area (Å²) >= 11 is 8.29. The second-order valence-electron chi connectivity index (χ2n) is 28.6. The summed E-state index contributed by atoms with van der Waals surface area (Å²) in [6.07, 6.45) is 19.9. The Labute approximate surface area is 846 Å². The molecule has 0 unspecified atom stereocenters. The molecule has 1 aliphatic heterocycles. The zero-order chi connectivity index (χ0) is 98.4. The number of benzene rings is 9. The third-order valence-electron chi connectivity index (χ3n) is 20.1. The van der Waals surface area contributed by atoms with Crippen LogP contribution in [0.1, 0.15) is 70.3 Å². The molecule has 16 aromatic rings. The van der Waals surface area contributed by atoms with Crippen LogP contribution in [0, 0.1) is 24.0 Å². The number of nitrogens with one attached hydrogen (secondary N) is 7. The number of nitro groups is 1. The van der Waals surface area contributed by atoms with Gasteiger partial charge in [-0.05, 0) is 191 Å². The fraction of sp³-hybridized carbons (Fsp3) is 0.208. The molecule has 9 aromatic carbocycles. The van der Waals surface area contributed by atoms with Crippen LogP contribution < -0.4 is 74.5 Å². The molecular weight excluding hydrogens is 2040 g/mol. The van der Waals surface area contributed by atoms with E-state index in [1.165, 1.54) is 19.6 Å². The monoisotopic (exact) mass is 2150 g/mol. The molecule has 34 nitrogen and oxygen atoms in total. The van der Waals surface area contributed by atoms with Gasteiger partial charge in [0.25, 0.3) is 35.7 Å². The number of ether oxygens (including phenoxy) is 8. The Kier molecular flexibility index (Phi) is 48.3. The van der Waals surface area contributed by atoms with Crippen molar-refractivity contribution in [3.05, 3.63) is 286 Å². The molecule has 0 saturated heterocycles. The molecule has 728 valence electrons. The van der Waals surface area contributed by atoms with Gasteiger partial charge >= 0.3 is 18.9 Å². The Balaban J connectivity index is 0.000000334. The van der Waals surface area contributed by atoms with Gasteiger partial charge in [0.05, 0.1) is 93.2 Å². The summed E-state index contributed by atoms with van der Waals surface area (Å²) < 4.78 is 105. The van der Waals surface area contributed by atoms with Crippen molar-refractivity contribution in [1.82, 2.24) is 49.6 Å². The van der Waals surface area contributed by atoms with Gasteiger partial charge in [0.15, 0.2) is 23.6 Å². The summed E-state index contributed by atoms with van der Waals surface area (Å²) in [5.41, 5.74) is 19.9. The standard InChI is InChI=1S/C19H20N2O4S.C19H18N2O3S.C12H14N2O2.C11H10N2O3.C11H14N2O.C10H9NO2.C9H9NO.C3H6O2.C2H4O2.Al.Br3OP.Li.H3N.4H/c1-14-6-8-16(9-7-14)26(23,24)21-12-15(10-11-20-13-22)19-17(21)4-3-5-18(19)25-2;1-13-6-8-14(9-7-13)25(22,23)21-16-4-3-5-18(24-2)19(16)15-10-11-20-12-17(15)21;1-16-11-4-2-3-10-12(11)9(7-14-10)5-6-13-8-15;1-16-10-4-2-3-9-11(10)8(7-12-9)5-6-13(14)15;1-14-10-4-2-3-9-11(10)8(5-6-12)7-13-9;1-13-9-4-2-3-8-10(9)7(6-12)5-11-8;1-11-9-4-2-3-8-7(9)5-6-10-8;1-2-5-3-4;1-2(3)4;;1-5(2,3)4;;;;;;/h3-9,12-13H,10-11H2,1-2H3,(H,20,22);3-9,12H,10-11H2,1-2H3;2-4,7-8,14H,5-6H2,1H3,(H,13,15);2-7,12H,1H3;2-4,7,13H,5-6,12H2,1H3;2-6,11H,1H3;2-6,10H,1H3;3H,2H2,1H3;1H3,(H,3,4);;;;1H3;;;;/q;;;;;;;;;;;+1;;;;;-1/b;;;6-5+;;;;;;;;;;;;;. The molecule has 7 aromatic heterocycles. The molecule has 0 aliphatic carbocycles. The predicted molar refractivity (Wildman–Crippen MR) is 556 cm³/mol. The summed E-state index contributed by atoms with van der Waals surface area (Å²) in [4.78, 5) is 79.7. The average molecular weight is 2150 g/mol. The normalized spacial score (nSPS) is 10.9. The van der Waals surface area contributed by atoms with Crippen molar-refractivity contribution in [3.8, 4) is 40.2 Å². The van der Waals surface area contributed by atoms with Crippen LogP contribution in [0.15, 0.2) is 240 Å². The first-order valence-electron chi connectivity index (χ1n) is 41.3. The summed E-state index contributed by atoms with van der Waals surface area (Å²) in [5.74, 6) is 4.56. The summed E-state index contributed by atoms with van der Waals surface area (Å²) in [7, 11) is 3.87. The zero-order valence-corrected chi connectivity index (χ0v) is 84.6. The first-order chi connectivity index (χ1) is 64.9. The van der Waals surface area contributed by atoms with Gasteiger partial charge in [-0.2, -0.15) is 0 Å². The topological polar surface area (TPSA) is 494 Å². The van der Waals surface area contributed by atoms with Crippen molar-refractivity contribution in [2.75, 3.05) is 82.6 Å². The Bertz CT molecular complexity index is 7040. The fourth-order valence-electron chi connectivity index (χ4n) is 14.2. The molecular formula is C96H111AlBr3LiN13O21PS2. The van der Waals surface area contributed by atoms with Crippen molar-refractivity contribution in [1.29, 1.82) is 0 Å². The Hall–Kier alpha value is -12.7. The van der Waals surface area contributed by atoms with E-state index in [0.717, 1.165) is 154 Å². The van der Waals surface area contributed by atoms with Gasteiger partial charge in [0.1, 0.15) is 40.2 Å². The fourth-order valence-corrected chi connectivity index (χ4v) is 17.1. The number of H-pyrrole nitrogens is 5. The number of carboxylic acids is 1. The number of carbonyl (C=O) groups excluding carboxylic acids is 4. The number of aromatic nitrogens is 7. The van der Waals surface area contributed by atoms with Crippen LogP contribution in [0.3, 0.4) is 0 Å². The Morgan fingerprint density at radius 2 is 0.942 bits per heavy atom.